The van der Waals surface area contributed by atoms with Crippen LogP contribution in [0.2, 0.25) is 39.3 Å². The molecule has 0 spiro atoms. The van der Waals surface area contributed by atoms with Gasteiger partial charge in [0, 0.05) is 31.4 Å². The summed E-state index contributed by atoms with van der Waals surface area (Å²) >= 11 is 0. The highest BCUT2D eigenvalue weighted by atomic mass is 28.4. The standard InChI is InChI=1S/C43H85NO13Si2/c1-20-31-43(10,49)36(46)26(4)33(45)24(2)22-41(8,48)37(55-40-35(56-58(14,15)16)30(44(11)12)21-25(3)51-40)27(5)34(28(6)39(47)53-31)54-32-23-42(9,50-13)38(29(7)52-32)57-59(17,18)19/h24-38,40,45-46,48-49H,20-23H2,1-19H3/t24-,25-,26+,27+,28-,29+,30+,31-,32?,33+,34+,35+,36-,37-,38+,40?,41+,42-,43-/m1/s1. The van der Waals surface area contributed by atoms with Crippen molar-refractivity contribution >= 4 is 22.6 Å². The number of likely N-dealkylation sites (N-methyl/N-ethyl adjacent to an activating group) is 1. The van der Waals surface area contributed by atoms with Gasteiger partial charge in [0.15, 0.2) is 29.2 Å². The Morgan fingerprint density at radius 2 is 1.39 bits per heavy atom. The van der Waals surface area contributed by atoms with E-state index in [9.17, 15) is 25.2 Å². The van der Waals surface area contributed by atoms with Gasteiger partial charge in [-0.05, 0) is 120 Å². The summed E-state index contributed by atoms with van der Waals surface area (Å²) in [6.07, 6.45) is -7.94. The Hall–Kier alpha value is -0.576. The number of ether oxygens (including phenoxy) is 6. The molecule has 0 amide bonds. The van der Waals surface area contributed by atoms with Crippen molar-refractivity contribution in [2.24, 2.45) is 23.7 Å². The van der Waals surface area contributed by atoms with Gasteiger partial charge >= 0.3 is 5.97 Å². The van der Waals surface area contributed by atoms with E-state index < -0.39 is 118 Å². The van der Waals surface area contributed by atoms with Crippen LogP contribution in [-0.2, 0) is 42.1 Å². The lowest BCUT2D eigenvalue weighted by atomic mass is 9.73. The highest BCUT2D eigenvalue weighted by Gasteiger charge is 2.54. The number of hydrogen-bond donors (Lipinski definition) is 4. The molecule has 3 aliphatic heterocycles. The quantitative estimate of drug-likeness (QED) is 0.156. The number of nitrogens with zero attached hydrogens (tertiary/aromatic N) is 1. The van der Waals surface area contributed by atoms with Crippen LogP contribution in [0.1, 0.15) is 94.9 Å². The average molecular weight is 880 g/mol. The summed E-state index contributed by atoms with van der Waals surface area (Å²) in [5, 5.41) is 48.0. The van der Waals surface area contributed by atoms with Crippen LogP contribution >= 0.6 is 0 Å². The number of hydrogen-bond acceptors (Lipinski definition) is 14. The Morgan fingerprint density at radius 3 is 1.90 bits per heavy atom. The Kier molecular flexibility index (Phi) is 18.0. The van der Waals surface area contributed by atoms with Gasteiger partial charge in [-0.25, -0.2) is 0 Å². The molecule has 3 saturated heterocycles. The van der Waals surface area contributed by atoms with Gasteiger partial charge in [0.1, 0.15) is 17.8 Å². The van der Waals surface area contributed by atoms with Gasteiger partial charge in [-0.1, -0.05) is 27.7 Å². The molecular formula is C43H85NO13Si2. The van der Waals surface area contributed by atoms with Crippen molar-refractivity contribution in [3.63, 3.8) is 0 Å². The molecule has 0 aromatic carbocycles. The first-order chi connectivity index (χ1) is 26.8. The minimum atomic E-state index is -2.18. The number of methoxy groups -OCH3 is 1. The van der Waals surface area contributed by atoms with Gasteiger partial charge in [-0.15, -0.1) is 0 Å². The predicted octanol–water partition coefficient (Wildman–Crippen LogP) is 5.30. The lowest BCUT2D eigenvalue weighted by Crippen LogP contribution is -2.63. The molecule has 59 heavy (non-hydrogen) atoms. The van der Waals surface area contributed by atoms with Gasteiger partial charge < -0.3 is 62.6 Å². The molecule has 14 nitrogen and oxygen atoms in total. The van der Waals surface area contributed by atoms with Crippen LogP contribution in [0.3, 0.4) is 0 Å². The third kappa shape index (κ3) is 13.0. The Balaban J connectivity index is 2.25. The van der Waals surface area contributed by atoms with Crippen LogP contribution in [0.4, 0.5) is 0 Å². The third-order valence-electron chi connectivity index (χ3n) is 13.0. The number of cyclic esters (lactones) is 1. The SMILES string of the molecule is CC[C@H]1OC(=O)[C@H](C)[C@@H](OC2C[C@@](C)(OC)[C@@H](O[Si](C)(C)C)[C@H](C)O2)[C@H](C)[C@@H](OC2O[C@H](C)C[C@H](N(C)C)[C@@H]2O[Si](C)(C)C)[C@@](C)(O)C[C@@H](C)[C@H](O)[C@H](C)[C@@H](O)[C@]1(C)O. The summed E-state index contributed by atoms with van der Waals surface area (Å²) in [6, 6.07) is -0.0628. The molecule has 4 N–H and O–H groups in total. The van der Waals surface area contributed by atoms with Gasteiger partial charge in [0.2, 0.25) is 0 Å². The van der Waals surface area contributed by atoms with Crippen molar-refractivity contribution in [2.45, 2.75) is 225 Å². The molecule has 0 aromatic heterocycles. The van der Waals surface area contributed by atoms with E-state index in [1.807, 2.05) is 41.8 Å². The Bertz CT molecular complexity index is 1340. The van der Waals surface area contributed by atoms with E-state index in [1.54, 1.807) is 41.7 Å². The first-order valence-corrected chi connectivity index (χ1v) is 28.8. The van der Waals surface area contributed by atoms with Crippen LogP contribution in [0.5, 0.6) is 0 Å². The normalized spacial score (nSPS) is 46.5. The monoisotopic (exact) mass is 880 g/mol. The van der Waals surface area contributed by atoms with Crippen LogP contribution in [0.15, 0.2) is 0 Å². The number of aliphatic hydroxyl groups excluding tert-OH is 2. The third-order valence-corrected chi connectivity index (χ3v) is 14.9. The van der Waals surface area contributed by atoms with Crippen LogP contribution < -0.4 is 0 Å². The molecule has 0 radical (unpaired) electrons. The van der Waals surface area contributed by atoms with Gasteiger partial charge in [0.05, 0.1) is 59.8 Å². The summed E-state index contributed by atoms with van der Waals surface area (Å²) in [6.45, 7) is 30.5. The maximum absolute atomic E-state index is 14.5. The van der Waals surface area contributed by atoms with Gasteiger partial charge in [-0.2, -0.15) is 0 Å². The molecule has 3 rings (SSSR count). The van der Waals surface area contributed by atoms with Crippen molar-refractivity contribution in [3.8, 4) is 0 Å². The molecule has 348 valence electrons. The van der Waals surface area contributed by atoms with E-state index >= 15 is 0 Å². The second-order valence-corrected chi connectivity index (χ2v) is 30.0. The van der Waals surface area contributed by atoms with Crippen LogP contribution in [0.25, 0.3) is 0 Å². The fourth-order valence-corrected chi connectivity index (χ4v) is 12.0. The summed E-state index contributed by atoms with van der Waals surface area (Å²) in [5.41, 5.74) is -4.40. The lowest BCUT2D eigenvalue weighted by Gasteiger charge is -2.51. The van der Waals surface area contributed by atoms with E-state index in [0.29, 0.717) is 6.42 Å². The zero-order valence-corrected chi connectivity index (χ0v) is 42.0. The highest BCUT2D eigenvalue weighted by molar-refractivity contribution is 6.70. The zero-order valence-electron chi connectivity index (χ0n) is 40.0. The van der Waals surface area contributed by atoms with E-state index in [1.165, 1.54) is 6.92 Å². The Labute approximate surface area is 358 Å². The van der Waals surface area contributed by atoms with E-state index in [4.69, 9.17) is 37.3 Å². The molecule has 0 bridgehead atoms. The predicted molar refractivity (Wildman–Crippen MR) is 232 cm³/mol. The van der Waals surface area contributed by atoms with Crippen molar-refractivity contribution < 1.29 is 62.5 Å². The topological polar surface area (TPSA) is 175 Å². The number of esters is 1. The number of carbonyl (C=O) groups excluding carboxylic acids is 1. The fourth-order valence-electron chi connectivity index (χ4n) is 9.70. The lowest BCUT2D eigenvalue weighted by molar-refractivity contribution is -0.316. The average Bonchev–Trinajstić information content (AvgIpc) is 3.10. The van der Waals surface area contributed by atoms with Crippen molar-refractivity contribution in [2.75, 3.05) is 21.2 Å². The molecular weight excluding hydrogens is 795 g/mol. The summed E-state index contributed by atoms with van der Waals surface area (Å²) in [7, 11) is 1.44. The maximum atomic E-state index is 14.5. The minimum absolute atomic E-state index is 0.0263. The van der Waals surface area contributed by atoms with E-state index in [2.05, 4.69) is 44.2 Å². The summed E-state index contributed by atoms with van der Waals surface area (Å²) in [4.78, 5) is 16.6. The maximum Gasteiger partial charge on any atom is 0.311 e. The van der Waals surface area contributed by atoms with Crippen molar-refractivity contribution in [1.29, 1.82) is 0 Å². The van der Waals surface area contributed by atoms with Crippen molar-refractivity contribution in [1.82, 2.24) is 4.90 Å². The van der Waals surface area contributed by atoms with E-state index in [-0.39, 0.29) is 37.5 Å². The molecule has 19 atom stereocenters. The molecule has 0 saturated carbocycles. The van der Waals surface area contributed by atoms with Gasteiger partial charge in [-0.3, -0.25) is 4.79 Å². The number of rotatable bonds is 11. The molecule has 0 aliphatic carbocycles. The minimum Gasteiger partial charge on any atom is -0.459 e. The first-order valence-electron chi connectivity index (χ1n) is 22.0. The van der Waals surface area contributed by atoms with E-state index in [0.717, 1.165) is 0 Å². The largest absolute Gasteiger partial charge is 0.459 e. The van der Waals surface area contributed by atoms with Crippen molar-refractivity contribution in [3.05, 3.63) is 0 Å². The van der Waals surface area contributed by atoms with Crippen LogP contribution in [0, 0.1) is 23.7 Å². The molecule has 2 unspecified atom stereocenters. The van der Waals surface area contributed by atoms with Crippen LogP contribution in [-0.4, -0.2) is 159 Å². The second-order valence-electron chi connectivity index (χ2n) is 21.1. The second kappa shape index (κ2) is 20.1. The number of aliphatic hydroxyl groups is 4. The zero-order chi connectivity index (χ0) is 45.4. The molecule has 3 aliphatic rings. The van der Waals surface area contributed by atoms with Gasteiger partial charge in [0.25, 0.3) is 0 Å². The smallest absolute Gasteiger partial charge is 0.311 e. The Morgan fingerprint density at radius 1 is 0.814 bits per heavy atom. The molecule has 3 heterocycles. The summed E-state index contributed by atoms with van der Waals surface area (Å²) < 4.78 is 52.9. The molecule has 0 aromatic rings. The fraction of sp³-hybridized carbons (Fsp3) is 0.977. The summed E-state index contributed by atoms with van der Waals surface area (Å²) in [5.74, 6) is -3.85. The molecule has 3 fully saturated rings. The molecule has 16 heteroatoms. The number of carbonyl (C=O) groups is 1. The first kappa shape index (κ1) is 52.8. The highest BCUT2D eigenvalue weighted by Crippen LogP contribution is 2.42.